The van der Waals surface area contributed by atoms with Gasteiger partial charge >= 0.3 is 0 Å². The minimum absolute atomic E-state index is 0.0610. The first-order valence-corrected chi connectivity index (χ1v) is 7.35. The molecule has 0 saturated carbocycles. The average Bonchev–Trinajstić information content (AvgIpc) is 2.43. The van der Waals surface area contributed by atoms with Crippen LogP contribution in [0.15, 0.2) is 46.9 Å². The van der Waals surface area contributed by atoms with Crippen molar-refractivity contribution in [3.63, 3.8) is 0 Å². The van der Waals surface area contributed by atoms with Crippen LogP contribution in [0.2, 0.25) is 0 Å². The number of nitrogens with two attached hydrogens (primary N) is 1. The van der Waals surface area contributed by atoms with Crippen molar-refractivity contribution in [3.05, 3.63) is 58.3 Å². The van der Waals surface area contributed by atoms with Gasteiger partial charge in [-0.05, 0) is 57.7 Å². The molecule has 0 aliphatic heterocycles. The Hall–Kier alpha value is -1.88. The largest absolute Gasteiger partial charge is 0.399 e. The second-order valence-electron chi connectivity index (χ2n) is 4.95. The van der Waals surface area contributed by atoms with E-state index in [1.807, 2.05) is 31.2 Å². The van der Waals surface area contributed by atoms with Crippen molar-refractivity contribution in [3.8, 4) is 0 Å². The van der Waals surface area contributed by atoms with E-state index in [2.05, 4.69) is 21.2 Å². The highest BCUT2D eigenvalue weighted by Crippen LogP contribution is 2.22. The van der Waals surface area contributed by atoms with E-state index in [9.17, 15) is 9.18 Å². The van der Waals surface area contributed by atoms with Gasteiger partial charge in [0, 0.05) is 17.8 Å². The number of benzene rings is 2. The molecule has 0 heterocycles. The van der Waals surface area contributed by atoms with Gasteiger partial charge in [-0.25, -0.2) is 4.39 Å². The molecule has 1 atom stereocenters. The minimum Gasteiger partial charge on any atom is -0.399 e. The van der Waals surface area contributed by atoms with Crippen molar-refractivity contribution in [2.24, 2.45) is 0 Å². The number of hydrogen-bond donors (Lipinski definition) is 2. The van der Waals surface area contributed by atoms with E-state index in [0.29, 0.717) is 22.3 Å². The monoisotopic (exact) mass is 350 g/mol. The maximum Gasteiger partial charge on any atom is 0.224 e. The molecule has 0 aromatic heterocycles. The first-order valence-electron chi connectivity index (χ1n) is 6.56. The quantitative estimate of drug-likeness (QED) is 0.807. The van der Waals surface area contributed by atoms with Gasteiger partial charge in [0.1, 0.15) is 5.82 Å². The summed E-state index contributed by atoms with van der Waals surface area (Å²) in [6.45, 7) is 1.97. The smallest absolute Gasteiger partial charge is 0.224 e. The maximum atomic E-state index is 13.4. The molecule has 0 aliphatic rings. The van der Waals surface area contributed by atoms with Crippen LogP contribution in [-0.4, -0.2) is 5.91 Å². The minimum atomic E-state index is -0.403. The lowest BCUT2D eigenvalue weighted by atomic mass is 9.97. The summed E-state index contributed by atoms with van der Waals surface area (Å²) in [5.41, 5.74) is 7.83. The molecule has 1 amide bonds. The molecule has 21 heavy (non-hydrogen) atoms. The van der Waals surface area contributed by atoms with Crippen LogP contribution < -0.4 is 11.1 Å². The van der Waals surface area contributed by atoms with E-state index in [1.54, 1.807) is 12.1 Å². The fourth-order valence-corrected chi connectivity index (χ4v) is 2.25. The van der Waals surface area contributed by atoms with E-state index in [0.717, 1.165) is 5.56 Å². The molecule has 0 bridgehead atoms. The van der Waals surface area contributed by atoms with Gasteiger partial charge in [0.05, 0.1) is 4.47 Å². The summed E-state index contributed by atoms with van der Waals surface area (Å²) in [7, 11) is 0. The summed E-state index contributed by atoms with van der Waals surface area (Å²) in [6.07, 6.45) is 0.321. The van der Waals surface area contributed by atoms with Crippen molar-refractivity contribution in [1.29, 1.82) is 0 Å². The number of carbonyl (C=O) groups is 1. The number of nitrogens with one attached hydrogen (secondary N) is 1. The Balaban J connectivity index is 1.97. The first-order chi connectivity index (χ1) is 9.95. The van der Waals surface area contributed by atoms with Crippen molar-refractivity contribution >= 4 is 33.2 Å². The Bertz CT molecular complexity index is 643. The first kappa shape index (κ1) is 15.5. The summed E-state index contributed by atoms with van der Waals surface area (Å²) in [6, 6.07) is 11.9. The maximum absolute atomic E-state index is 13.4. The molecule has 2 rings (SSSR count). The summed E-state index contributed by atoms with van der Waals surface area (Å²) in [4.78, 5) is 12.0. The Morgan fingerprint density at radius 2 is 1.95 bits per heavy atom. The Morgan fingerprint density at radius 3 is 2.57 bits per heavy atom. The fourth-order valence-electron chi connectivity index (χ4n) is 2.01. The summed E-state index contributed by atoms with van der Waals surface area (Å²) >= 11 is 3.07. The second-order valence-corrected chi connectivity index (χ2v) is 5.80. The molecule has 1 unspecified atom stereocenters. The zero-order valence-corrected chi connectivity index (χ0v) is 13.2. The lowest BCUT2D eigenvalue weighted by molar-refractivity contribution is -0.116. The van der Waals surface area contributed by atoms with Crippen LogP contribution in [0, 0.1) is 5.82 Å². The van der Waals surface area contributed by atoms with Crippen molar-refractivity contribution in [2.75, 3.05) is 11.1 Å². The van der Waals surface area contributed by atoms with Gasteiger partial charge in [0.2, 0.25) is 5.91 Å². The van der Waals surface area contributed by atoms with E-state index in [4.69, 9.17) is 5.73 Å². The number of hydrogen-bond acceptors (Lipinski definition) is 2. The predicted molar refractivity (Wildman–Crippen MR) is 86.6 cm³/mol. The van der Waals surface area contributed by atoms with Gasteiger partial charge in [-0.2, -0.15) is 0 Å². The molecular weight excluding hydrogens is 335 g/mol. The van der Waals surface area contributed by atoms with E-state index in [-0.39, 0.29) is 11.8 Å². The van der Waals surface area contributed by atoms with E-state index >= 15 is 0 Å². The second kappa shape index (κ2) is 6.72. The van der Waals surface area contributed by atoms with Crippen molar-refractivity contribution in [2.45, 2.75) is 19.3 Å². The predicted octanol–water partition coefficient (Wildman–Crippen LogP) is 4.30. The van der Waals surface area contributed by atoms with Gasteiger partial charge < -0.3 is 11.1 Å². The number of carbonyl (C=O) groups excluding carboxylic acids is 1. The van der Waals surface area contributed by atoms with E-state index in [1.165, 1.54) is 6.07 Å². The van der Waals surface area contributed by atoms with Crippen molar-refractivity contribution < 1.29 is 9.18 Å². The third-order valence-electron chi connectivity index (χ3n) is 3.20. The normalized spacial score (nSPS) is 12.0. The Labute approximate surface area is 131 Å². The van der Waals surface area contributed by atoms with Crippen LogP contribution in [-0.2, 0) is 4.79 Å². The van der Waals surface area contributed by atoms with Crippen LogP contribution in [0.5, 0.6) is 0 Å². The number of anilines is 2. The number of halogens is 2. The molecule has 0 aliphatic carbocycles. The van der Waals surface area contributed by atoms with Crippen LogP contribution in [0.3, 0.4) is 0 Å². The highest BCUT2D eigenvalue weighted by molar-refractivity contribution is 9.10. The standard InChI is InChI=1S/C16H16BrFN2O/c1-10(11-2-4-12(19)5-3-11)8-16(21)20-13-6-7-14(17)15(18)9-13/h2-7,9-10H,8,19H2,1H3,(H,20,21). The van der Waals surface area contributed by atoms with Crippen LogP contribution in [0.1, 0.15) is 24.8 Å². The van der Waals surface area contributed by atoms with Gasteiger partial charge in [-0.15, -0.1) is 0 Å². The molecule has 0 spiro atoms. The zero-order chi connectivity index (χ0) is 15.4. The lowest BCUT2D eigenvalue weighted by Crippen LogP contribution is -2.14. The molecule has 2 aromatic carbocycles. The number of amides is 1. The summed E-state index contributed by atoms with van der Waals surface area (Å²) in [5, 5.41) is 2.70. The van der Waals surface area contributed by atoms with Crippen LogP contribution in [0.4, 0.5) is 15.8 Å². The average molecular weight is 351 g/mol. The number of nitrogen functional groups attached to an aromatic ring is 1. The molecule has 5 heteroatoms. The fraction of sp³-hybridized carbons (Fsp3) is 0.188. The van der Waals surface area contributed by atoms with E-state index < -0.39 is 5.82 Å². The molecule has 3 nitrogen and oxygen atoms in total. The molecule has 0 saturated heterocycles. The molecule has 0 radical (unpaired) electrons. The van der Waals surface area contributed by atoms with Gasteiger partial charge in [0.15, 0.2) is 0 Å². The summed E-state index contributed by atoms with van der Waals surface area (Å²) in [5.74, 6) is -0.494. The highest BCUT2D eigenvalue weighted by atomic mass is 79.9. The molecule has 0 fully saturated rings. The zero-order valence-electron chi connectivity index (χ0n) is 11.6. The molecular formula is C16H16BrFN2O. The third-order valence-corrected chi connectivity index (χ3v) is 3.84. The lowest BCUT2D eigenvalue weighted by Gasteiger charge is -2.12. The van der Waals surface area contributed by atoms with Gasteiger partial charge in [-0.1, -0.05) is 19.1 Å². The Kier molecular flexibility index (Phi) is 4.96. The molecule has 2 aromatic rings. The van der Waals surface area contributed by atoms with Gasteiger partial charge in [-0.3, -0.25) is 4.79 Å². The summed E-state index contributed by atoms with van der Waals surface area (Å²) < 4.78 is 13.8. The molecule has 3 N–H and O–H groups in total. The topological polar surface area (TPSA) is 55.1 Å². The van der Waals surface area contributed by atoms with Crippen LogP contribution >= 0.6 is 15.9 Å². The van der Waals surface area contributed by atoms with Crippen LogP contribution in [0.25, 0.3) is 0 Å². The molecule has 110 valence electrons. The van der Waals surface area contributed by atoms with Gasteiger partial charge in [0.25, 0.3) is 0 Å². The number of rotatable bonds is 4. The van der Waals surface area contributed by atoms with Crippen molar-refractivity contribution in [1.82, 2.24) is 0 Å². The SMILES string of the molecule is CC(CC(=O)Nc1ccc(Br)c(F)c1)c1ccc(N)cc1. The highest BCUT2D eigenvalue weighted by Gasteiger charge is 2.12. The third kappa shape index (κ3) is 4.29. The Morgan fingerprint density at radius 1 is 1.29 bits per heavy atom.